The van der Waals surface area contributed by atoms with Crippen LogP contribution in [0.25, 0.3) is 0 Å². The first-order chi connectivity index (χ1) is 9.75. The Balaban J connectivity index is 1.65. The molecule has 3 N–H and O–H groups in total. The number of rotatable bonds is 6. The highest BCUT2D eigenvalue weighted by Crippen LogP contribution is 2.12. The van der Waals surface area contributed by atoms with Gasteiger partial charge in [0.2, 0.25) is 5.91 Å². The molecule has 1 unspecified atom stereocenters. The third-order valence-electron chi connectivity index (χ3n) is 3.49. The monoisotopic (exact) mass is 277 g/mol. The number of amides is 1. The average molecular weight is 277 g/mol. The second kappa shape index (κ2) is 7.99. The number of nitrogens with two attached hydrogens (primary N) is 1. The van der Waals surface area contributed by atoms with E-state index in [4.69, 9.17) is 10.5 Å². The van der Waals surface area contributed by atoms with Crippen LogP contribution < -0.4 is 11.1 Å². The summed E-state index contributed by atoms with van der Waals surface area (Å²) in [6, 6.07) is 9.48. The van der Waals surface area contributed by atoms with Gasteiger partial charge in [0.1, 0.15) is 0 Å². The number of nitrogens with one attached hydrogen (secondary N) is 1. The molecule has 1 saturated heterocycles. The zero-order valence-electron chi connectivity index (χ0n) is 11.8. The van der Waals surface area contributed by atoms with Crippen LogP contribution in [-0.2, 0) is 9.53 Å². The minimum Gasteiger partial charge on any atom is -0.379 e. The minimum absolute atomic E-state index is 0.00890. The molecule has 0 spiro atoms. The fourth-order valence-corrected chi connectivity index (χ4v) is 2.27. The van der Waals surface area contributed by atoms with Crippen LogP contribution in [0.1, 0.15) is 18.0 Å². The standard InChI is InChI=1S/C15H23N3O2/c16-14(13-4-2-1-3-5-13)12-15(19)17-6-7-18-8-10-20-11-9-18/h1-5,14H,6-12,16H2,(H,17,19). The Morgan fingerprint density at radius 2 is 2.00 bits per heavy atom. The van der Waals surface area contributed by atoms with E-state index in [-0.39, 0.29) is 11.9 Å². The number of carbonyl (C=O) groups is 1. The number of hydrogen-bond donors (Lipinski definition) is 2. The molecule has 20 heavy (non-hydrogen) atoms. The van der Waals surface area contributed by atoms with Crippen molar-refractivity contribution in [3.63, 3.8) is 0 Å². The first-order valence-corrected chi connectivity index (χ1v) is 7.13. The van der Waals surface area contributed by atoms with Gasteiger partial charge in [-0.2, -0.15) is 0 Å². The summed E-state index contributed by atoms with van der Waals surface area (Å²) in [4.78, 5) is 14.1. The van der Waals surface area contributed by atoms with Gasteiger partial charge in [-0.05, 0) is 5.56 Å². The lowest BCUT2D eigenvalue weighted by atomic mass is 10.0. The maximum atomic E-state index is 11.8. The lowest BCUT2D eigenvalue weighted by molar-refractivity contribution is -0.121. The predicted octanol–water partition coefficient (Wildman–Crippen LogP) is 0.525. The van der Waals surface area contributed by atoms with E-state index in [0.717, 1.165) is 38.4 Å². The second-order valence-electron chi connectivity index (χ2n) is 5.03. The summed E-state index contributed by atoms with van der Waals surface area (Å²) < 4.78 is 5.28. The molecule has 2 rings (SSSR count). The molecule has 1 aromatic carbocycles. The second-order valence-corrected chi connectivity index (χ2v) is 5.03. The minimum atomic E-state index is -0.236. The zero-order chi connectivity index (χ0) is 14.2. The van der Waals surface area contributed by atoms with E-state index in [1.807, 2.05) is 30.3 Å². The molecule has 5 heteroatoms. The molecule has 1 amide bonds. The van der Waals surface area contributed by atoms with Crippen molar-refractivity contribution in [2.45, 2.75) is 12.5 Å². The number of hydrogen-bond acceptors (Lipinski definition) is 4. The molecule has 0 aliphatic carbocycles. The van der Waals surface area contributed by atoms with Gasteiger partial charge in [0.25, 0.3) is 0 Å². The zero-order valence-corrected chi connectivity index (χ0v) is 11.8. The average Bonchev–Trinajstić information content (AvgIpc) is 2.49. The van der Waals surface area contributed by atoms with Gasteiger partial charge >= 0.3 is 0 Å². The first kappa shape index (κ1) is 15.0. The van der Waals surface area contributed by atoms with E-state index in [1.54, 1.807) is 0 Å². The van der Waals surface area contributed by atoms with Crippen LogP contribution in [0.3, 0.4) is 0 Å². The summed E-state index contributed by atoms with van der Waals surface area (Å²) in [5.74, 6) is 0.00890. The van der Waals surface area contributed by atoms with Crippen LogP contribution in [0.2, 0.25) is 0 Å². The van der Waals surface area contributed by atoms with Crippen LogP contribution in [0.4, 0.5) is 0 Å². The highest BCUT2D eigenvalue weighted by molar-refractivity contribution is 5.76. The summed E-state index contributed by atoms with van der Waals surface area (Å²) in [5.41, 5.74) is 7.02. The Kier molecular flexibility index (Phi) is 5.98. The molecule has 1 aliphatic rings. The summed E-state index contributed by atoms with van der Waals surface area (Å²) in [5, 5.41) is 2.93. The van der Waals surface area contributed by atoms with E-state index >= 15 is 0 Å². The smallest absolute Gasteiger partial charge is 0.221 e. The molecule has 0 saturated carbocycles. The topological polar surface area (TPSA) is 67.6 Å². The fourth-order valence-electron chi connectivity index (χ4n) is 2.27. The normalized spacial score (nSPS) is 17.6. The molecule has 0 radical (unpaired) electrons. The lowest BCUT2D eigenvalue weighted by Gasteiger charge is -2.26. The van der Waals surface area contributed by atoms with Crippen LogP contribution in [0, 0.1) is 0 Å². The van der Waals surface area contributed by atoms with Crippen molar-refractivity contribution in [3.8, 4) is 0 Å². The van der Waals surface area contributed by atoms with Gasteiger partial charge < -0.3 is 15.8 Å². The van der Waals surface area contributed by atoms with Crippen LogP contribution in [-0.4, -0.2) is 50.2 Å². The van der Waals surface area contributed by atoms with Crippen molar-refractivity contribution in [3.05, 3.63) is 35.9 Å². The molecule has 0 aromatic heterocycles. The van der Waals surface area contributed by atoms with Gasteiger partial charge in [0.15, 0.2) is 0 Å². The number of benzene rings is 1. The van der Waals surface area contributed by atoms with E-state index in [2.05, 4.69) is 10.2 Å². The van der Waals surface area contributed by atoms with Crippen molar-refractivity contribution >= 4 is 5.91 Å². The summed E-state index contributed by atoms with van der Waals surface area (Å²) in [7, 11) is 0. The highest BCUT2D eigenvalue weighted by atomic mass is 16.5. The largest absolute Gasteiger partial charge is 0.379 e. The molecule has 1 heterocycles. The molecular weight excluding hydrogens is 254 g/mol. The van der Waals surface area contributed by atoms with Crippen molar-refractivity contribution in [2.75, 3.05) is 39.4 Å². The van der Waals surface area contributed by atoms with E-state index in [0.29, 0.717) is 13.0 Å². The number of morpholine rings is 1. The maximum absolute atomic E-state index is 11.8. The molecule has 110 valence electrons. The van der Waals surface area contributed by atoms with Gasteiger partial charge in [-0.1, -0.05) is 30.3 Å². The van der Waals surface area contributed by atoms with E-state index < -0.39 is 0 Å². The predicted molar refractivity (Wildman–Crippen MR) is 78.3 cm³/mol. The molecule has 1 atom stereocenters. The quantitative estimate of drug-likeness (QED) is 0.796. The van der Waals surface area contributed by atoms with E-state index in [9.17, 15) is 4.79 Å². The van der Waals surface area contributed by atoms with Crippen LogP contribution in [0.5, 0.6) is 0 Å². The van der Waals surface area contributed by atoms with Crippen molar-refractivity contribution in [1.29, 1.82) is 0 Å². The Morgan fingerprint density at radius 1 is 1.30 bits per heavy atom. The molecule has 1 aromatic rings. The Bertz CT molecular complexity index is 405. The van der Waals surface area contributed by atoms with Gasteiger partial charge in [-0.3, -0.25) is 9.69 Å². The highest BCUT2D eigenvalue weighted by Gasteiger charge is 2.12. The summed E-state index contributed by atoms with van der Waals surface area (Å²) in [6.45, 7) is 4.99. The molecule has 1 aliphatic heterocycles. The van der Waals surface area contributed by atoms with Crippen molar-refractivity contribution < 1.29 is 9.53 Å². The van der Waals surface area contributed by atoms with Gasteiger partial charge in [0, 0.05) is 38.6 Å². The van der Waals surface area contributed by atoms with Gasteiger partial charge in [0.05, 0.1) is 13.2 Å². The SMILES string of the molecule is NC(CC(=O)NCCN1CCOCC1)c1ccccc1. The summed E-state index contributed by atoms with van der Waals surface area (Å²) >= 11 is 0. The molecule has 5 nitrogen and oxygen atoms in total. The number of nitrogens with zero attached hydrogens (tertiary/aromatic N) is 1. The number of ether oxygens (including phenoxy) is 1. The fraction of sp³-hybridized carbons (Fsp3) is 0.533. The third kappa shape index (κ3) is 4.92. The number of carbonyl (C=O) groups excluding carboxylic acids is 1. The molecule has 1 fully saturated rings. The Morgan fingerprint density at radius 3 is 2.70 bits per heavy atom. The Hall–Kier alpha value is -1.43. The van der Waals surface area contributed by atoms with Crippen molar-refractivity contribution in [1.82, 2.24) is 10.2 Å². The van der Waals surface area contributed by atoms with Crippen molar-refractivity contribution in [2.24, 2.45) is 5.73 Å². The van der Waals surface area contributed by atoms with Crippen LogP contribution in [0.15, 0.2) is 30.3 Å². The maximum Gasteiger partial charge on any atom is 0.221 e. The molecule has 0 bridgehead atoms. The lowest BCUT2D eigenvalue weighted by Crippen LogP contribution is -2.41. The van der Waals surface area contributed by atoms with Crippen LogP contribution >= 0.6 is 0 Å². The molecular formula is C15H23N3O2. The first-order valence-electron chi connectivity index (χ1n) is 7.13. The van der Waals surface area contributed by atoms with Gasteiger partial charge in [-0.15, -0.1) is 0 Å². The Labute approximate surface area is 120 Å². The summed E-state index contributed by atoms with van der Waals surface area (Å²) in [6.07, 6.45) is 0.327. The third-order valence-corrected chi connectivity index (χ3v) is 3.49. The van der Waals surface area contributed by atoms with Gasteiger partial charge in [-0.25, -0.2) is 0 Å². The van der Waals surface area contributed by atoms with E-state index in [1.165, 1.54) is 0 Å².